The zero-order valence-corrected chi connectivity index (χ0v) is 23.6. The van der Waals surface area contributed by atoms with Gasteiger partial charge in [0, 0.05) is 29.1 Å². The molecular weight excluding hydrogens is 536 g/mol. The van der Waals surface area contributed by atoms with Gasteiger partial charge in [0.15, 0.2) is 0 Å². The van der Waals surface area contributed by atoms with E-state index in [-0.39, 0.29) is 42.4 Å². The smallest absolute Gasteiger partial charge is 0.326 e. The Balaban J connectivity index is 1.52. The minimum Gasteiger partial charge on any atom is -0.508 e. The zero-order valence-electron chi connectivity index (χ0n) is 23.6. The summed E-state index contributed by atoms with van der Waals surface area (Å²) in [4.78, 5) is 40.9. The summed E-state index contributed by atoms with van der Waals surface area (Å²) in [6.07, 6.45) is 3.01. The van der Waals surface area contributed by atoms with Crippen LogP contribution in [0, 0.1) is 5.92 Å². The van der Waals surface area contributed by atoms with E-state index in [2.05, 4.69) is 15.6 Å². The number of rotatable bonds is 13. The fourth-order valence-electron chi connectivity index (χ4n) is 4.63. The van der Waals surface area contributed by atoms with Crippen LogP contribution >= 0.6 is 0 Å². The number of nitrogens with one attached hydrogen (secondary N) is 3. The van der Waals surface area contributed by atoms with Crippen molar-refractivity contribution in [3.63, 3.8) is 0 Å². The monoisotopic (exact) mass is 572 g/mol. The Labute approximate surface area is 243 Å². The number of phenols is 1. The Bertz CT molecular complexity index is 1550. The van der Waals surface area contributed by atoms with Crippen molar-refractivity contribution in [1.29, 1.82) is 0 Å². The predicted molar refractivity (Wildman–Crippen MR) is 161 cm³/mol. The van der Waals surface area contributed by atoms with Gasteiger partial charge in [-0.05, 0) is 66.3 Å². The van der Waals surface area contributed by atoms with Gasteiger partial charge >= 0.3 is 5.97 Å². The van der Waals surface area contributed by atoms with Gasteiger partial charge in [-0.15, -0.1) is 0 Å². The number of para-hydroxylation sites is 1. The number of aromatic hydroxyl groups is 1. The highest BCUT2D eigenvalue weighted by molar-refractivity contribution is 6.00. The van der Waals surface area contributed by atoms with Gasteiger partial charge in [-0.1, -0.05) is 44.2 Å². The molecule has 4 aromatic rings. The Morgan fingerprint density at radius 3 is 2.48 bits per heavy atom. The van der Waals surface area contributed by atoms with Crippen LogP contribution in [0.4, 0.5) is 5.69 Å². The highest BCUT2D eigenvalue weighted by Crippen LogP contribution is 2.28. The van der Waals surface area contributed by atoms with Crippen molar-refractivity contribution in [3.8, 4) is 11.5 Å². The van der Waals surface area contributed by atoms with Crippen molar-refractivity contribution < 1.29 is 29.3 Å². The molecule has 0 unspecified atom stereocenters. The van der Waals surface area contributed by atoms with Gasteiger partial charge in [0.2, 0.25) is 5.91 Å². The number of phenolic OH excluding ortho intramolecular Hbond substituents is 1. The van der Waals surface area contributed by atoms with Gasteiger partial charge in [0.05, 0.1) is 18.3 Å². The van der Waals surface area contributed by atoms with Crippen LogP contribution in [0.25, 0.3) is 10.9 Å². The van der Waals surface area contributed by atoms with Gasteiger partial charge in [0.1, 0.15) is 17.5 Å². The first-order valence-corrected chi connectivity index (χ1v) is 13.8. The summed E-state index contributed by atoms with van der Waals surface area (Å²) in [5.41, 5.74) is 9.53. The predicted octanol–water partition coefficient (Wildman–Crippen LogP) is 4.23. The summed E-state index contributed by atoms with van der Waals surface area (Å²) in [6, 6.07) is 17.0. The van der Waals surface area contributed by atoms with Gasteiger partial charge in [-0.2, -0.15) is 0 Å². The molecule has 0 radical (unpaired) electrons. The lowest BCUT2D eigenvalue weighted by atomic mass is 10.0. The quantitative estimate of drug-likeness (QED) is 0.139. The summed E-state index contributed by atoms with van der Waals surface area (Å²) in [5.74, 6) is -1.69. The number of hydrogen-bond donors (Lipinski definition) is 6. The fourth-order valence-corrected chi connectivity index (χ4v) is 4.63. The van der Waals surface area contributed by atoms with Gasteiger partial charge < -0.3 is 36.3 Å². The van der Waals surface area contributed by atoms with E-state index in [1.54, 1.807) is 18.2 Å². The number of carboxylic acids is 1. The minimum absolute atomic E-state index is 0.0678. The van der Waals surface area contributed by atoms with Gasteiger partial charge in [-0.25, -0.2) is 4.79 Å². The largest absolute Gasteiger partial charge is 0.508 e. The minimum atomic E-state index is -1.11. The lowest BCUT2D eigenvalue weighted by Crippen LogP contribution is -2.41. The highest BCUT2D eigenvalue weighted by atomic mass is 16.5. The number of aromatic amines is 1. The molecule has 4 rings (SSSR count). The van der Waals surface area contributed by atoms with Crippen LogP contribution in [0.5, 0.6) is 11.5 Å². The lowest BCUT2D eigenvalue weighted by Gasteiger charge is -2.18. The normalized spacial score (nSPS) is 12.6. The van der Waals surface area contributed by atoms with E-state index >= 15 is 0 Å². The topological polar surface area (TPSA) is 167 Å². The van der Waals surface area contributed by atoms with Crippen LogP contribution in [-0.4, -0.2) is 51.7 Å². The standard InChI is InChI=1S/C32H36N4O6/c1-19(2)15-28(32(40)41)36-30(38)21-9-12-27(35-31(39)25(33)16-20-7-10-23(37)11-8-20)29(17-21)42-14-13-22-18-34-26-6-4-3-5-24(22)26/h3-12,17-19,25,28,34,37H,13-16,33H2,1-2H3,(H,35,39)(H,36,38)(H,40,41)/t25-,28-/m0/s1. The molecule has 0 aliphatic carbocycles. The Morgan fingerprint density at radius 2 is 1.76 bits per heavy atom. The second kappa shape index (κ2) is 13.7. The van der Waals surface area contributed by atoms with Crippen LogP contribution in [-0.2, 0) is 22.4 Å². The molecule has 1 heterocycles. The summed E-state index contributed by atoms with van der Waals surface area (Å²) < 4.78 is 6.09. The number of amides is 2. The summed E-state index contributed by atoms with van der Waals surface area (Å²) >= 11 is 0. The van der Waals surface area contributed by atoms with Crippen LogP contribution in [0.1, 0.15) is 41.8 Å². The summed E-state index contributed by atoms with van der Waals surface area (Å²) in [6.45, 7) is 4.01. The van der Waals surface area contributed by atoms with Crippen molar-refractivity contribution in [1.82, 2.24) is 10.3 Å². The van der Waals surface area contributed by atoms with E-state index in [4.69, 9.17) is 10.5 Å². The molecule has 42 heavy (non-hydrogen) atoms. The third-order valence-electron chi connectivity index (χ3n) is 6.84. The SMILES string of the molecule is CC(C)C[C@H](NC(=O)c1ccc(NC(=O)[C@@H](N)Cc2ccc(O)cc2)c(OCCc2c[nH]c3ccccc23)c1)C(=O)O. The van der Waals surface area contributed by atoms with Crippen LogP contribution in [0.3, 0.4) is 0 Å². The van der Waals surface area contributed by atoms with Crippen molar-refractivity contribution in [2.24, 2.45) is 11.7 Å². The summed E-state index contributed by atoms with van der Waals surface area (Å²) in [5, 5.41) is 25.5. The number of H-pyrrole nitrogens is 1. The molecule has 0 fully saturated rings. The molecule has 220 valence electrons. The second-order valence-corrected chi connectivity index (χ2v) is 10.6. The number of hydrogen-bond acceptors (Lipinski definition) is 6. The first-order valence-electron chi connectivity index (χ1n) is 13.8. The average molecular weight is 573 g/mol. The number of carbonyl (C=O) groups is 3. The van der Waals surface area contributed by atoms with Crippen molar-refractivity contribution in [3.05, 3.63) is 89.6 Å². The summed E-state index contributed by atoms with van der Waals surface area (Å²) in [7, 11) is 0. The van der Waals surface area contributed by atoms with Crippen molar-refractivity contribution in [2.45, 2.75) is 45.2 Å². The molecule has 10 nitrogen and oxygen atoms in total. The number of carboxylic acid groups (broad SMARTS) is 1. The molecule has 0 aliphatic rings. The third kappa shape index (κ3) is 7.88. The molecule has 0 saturated heterocycles. The third-order valence-corrected chi connectivity index (χ3v) is 6.84. The number of anilines is 1. The Morgan fingerprint density at radius 1 is 1.02 bits per heavy atom. The molecule has 10 heteroatoms. The molecule has 0 aliphatic heterocycles. The maximum atomic E-state index is 13.0. The van der Waals surface area contributed by atoms with Crippen LogP contribution in [0.2, 0.25) is 0 Å². The number of fused-ring (bicyclic) bond motifs is 1. The van der Waals surface area contributed by atoms with E-state index in [0.717, 1.165) is 22.0 Å². The molecule has 7 N–H and O–H groups in total. The van der Waals surface area contributed by atoms with Crippen LogP contribution in [0.15, 0.2) is 72.9 Å². The first kappa shape index (κ1) is 30.1. The average Bonchev–Trinajstić information content (AvgIpc) is 3.37. The number of aromatic nitrogens is 1. The lowest BCUT2D eigenvalue weighted by molar-refractivity contribution is -0.139. The van der Waals surface area contributed by atoms with E-state index in [9.17, 15) is 24.6 Å². The number of carbonyl (C=O) groups excluding carboxylic acids is 2. The first-order chi connectivity index (χ1) is 20.1. The van der Waals surface area contributed by atoms with E-state index in [1.165, 1.54) is 24.3 Å². The van der Waals surface area contributed by atoms with E-state index in [0.29, 0.717) is 12.1 Å². The molecule has 0 bridgehead atoms. The number of aliphatic carboxylic acids is 1. The zero-order chi connectivity index (χ0) is 30.2. The van der Waals surface area contributed by atoms with Crippen molar-refractivity contribution >= 4 is 34.4 Å². The van der Waals surface area contributed by atoms with E-state index < -0.39 is 29.9 Å². The number of benzene rings is 3. The highest BCUT2D eigenvalue weighted by Gasteiger charge is 2.23. The molecule has 0 spiro atoms. The molecule has 3 aromatic carbocycles. The van der Waals surface area contributed by atoms with Gasteiger partial charge in [0.25, 0.3) is 5.91 Å². The molecule has 2 atom stereocenters. The fraction of sp³-hybridized carbons (Fsp3) is 0.281. The second-order valence-electron chi connectivity index (χ2n) is 10.6. The van der Waals surface area contributed by atoms with E-state index in [1.807, 2.05) is 44.3 Å². The molecule has 2 amide bonds. The van der Waals surface area contributed by atoms with Crippen molar-refractivity contribution in [2.75, 3.05) is 11.9 Å². The Kier molecular flexibility index (Phi) is 9.82. The molecular formula is C32H36N4O6. The maximum absolute atomic E-state index is 13.0. The number of nitrogens with two attached hydrogens (primary N) is 1. The molecule has 1 aromatic heterocycles. The maximum Gasteiger partial charge on any atom is 0.326 e. The van der Waals surface area contributed by atoms with Crippen LogP contribution < -0.4 is 21.1 Å². The Hall–Kier alpha value is -4.83. The molecule has 0 saturated carbocycles. The van der Waals surface area contributed by atoms with Gasteiger partial charge in [-0.3, -0.25) is 9.59 Å². The number of ether oxygens (including phenoxy) is 1.